The minimum atomic E-state index is -0.123. The maximum absolute atomic E-state index is 12.1. The second-order valence-corrected chi connectivity index (χ2v) is 4.39. The molecule has 1 amide bonds. The Kier molecular flexibility index (Phi) is 7.04. The molecule has 0 fully saturated rings. The normalized spacial score (nSPS) is 10.0. The van der Waals surface area contributed by atoms with Gasteiger partial charge in [-0.05, 0) is 12.1 Å². The fourth-order valence-corrected chi connectivity index (χ4v) is 1.86. The van der Waals surface area contributed by atoms with E-state index in [9.17, 15) is 4.79 Å². The molecular formula is C16H22N2O3. The van der Waals surface area contributed by atoms with Crippen LogP contribution in [0.25, 0.3) is 0 Å². The highest BCUT2D eigenvalue weighted by Crippen LogP contribution is 2.28. The SMILES string of the molecule is C=CCN(CC=C)CC(=O)Nc1ccc(OC)cc1OC. The highest BCUT2D eigenvalue weighted by molar-refractivity contribution is 5.93. The Morgan fingerprint density at radius 2 is 1.90 bits per heavy atom. The van der Waals surface area contributed by atoms with Gasteiger partial charge in [0.1, 0.15) is 11.5 Å². The van der Waals surface area contributed by atoms with Gasteiger partial charge in [0.25, 0.3) is 0 Å². The molecule has 0 spiro atoms. The summed E-state index contributed by atoms with van der Waals surface area (Å²) in [5.41, 5.74) is 0.612. The standard InChI is InChI=1S/C16H22N2O3/c1-5-9-18(10-6-2)12-16(19)17-14-8-7-13(20-3)11-15(14)21-4/h5-8,11H,1-2,9-10,12H2,3-4H3,(H,17,19). The number of nitrogens with zero attached hydrogens (tertiary/aromatic N) is 1. The molecule has 0 aliphatic carbocycles. The molecule has 0 aromatic heterocycles. The van der Waals surface area contributed by atoms with Crippen LogP contribution in [-0.2, 0) is 4.79 Å². The third-order valence-electron chi connectivity index (χ3n) is 2.82. The van der Waals surface area contributed by atoms with Gasteiger partial charge in [-0.15, -0.1) is 13.2 Å². The van der Waals surface area contributed by atoms with Crippen molar-refractivity contribution in [1.82, 2.24) is 4.90 Å². The molecule has 0 saturated heterocycles. The van der Waals surface area contributed by atoms with Crippen molar-refractivity contribution >= 4 is 11.6 Å². The zero-order chi connectivity index (χ0) is 15.7. The second-order valence-electron chi connectivity index (χ2n) is 4.39. The van der Waals surface area contributed by atoms with Crippen molar-refractivity contribution < 1.29 is 14.3 Å². The molecule has 0 atom stereocenters. The van der Waals surface area contributed by atoms with E-state index < -0.39 is 0 Å². The van der Waals surface area contributed by atoms with E-state index >= 15 is 0 Å². The number of hydrogen-bond acceptors (Lipinski definition) is 4. The van der Waals surface area contributed by atoms with Gasteiger partial charge >= 0.3 is 0 Å². The molecule has 0 unspecified atom stereocenters. The lowest BCUT2D eigenvalue weighted by Crippen LogP contribution is -2.33. The van der Waals surface area contributed by atoms with E-state index in [4.69, 9.17) is 9.47 Å². The molecule has 1 N–H and O–H groups in total. The van der Waals surface area contributed by atoms with Crippen LogP contribution in [0.15, 0.2) is 43.5 Å². The number of ether oxygens (including phenoxy) is 2. The topological polar surface area (TPSA) is 50.8 Å². The largest absolute Gasteiger partial charge is 0.497 e. The van der Waals surface area contributed by atoms with Crippen LogP contribution in [0.4, 0.5) is 5.69 Å². The second kappa shape index (κ2) is 8.81. The minimum Gasteiger partial charge on any atom is -0.497 e. The predicted molar refractivity (Wildman–Crippen MR) is 85.0 cm³/mol. The van der Waals surface area contributed by atoms with Gasteiger partial charge < -0.3 is 14.8 Å². The molecule has 1 aromatic rings. The number of amides is 1. The van der Waals surface area contributed by atoms with Crippen molar-refractivity contribution in [1.29, 1.82) is 0 Å². The minimum absolute atomic E-state index is 0.123. The number of rotatable bonds is 9. The Hall–Kier alpha value is -2.27. The Bertz CT molecular complexity index is 490. The van der Waals surface area contributed by atoms with Gasteiger partial charge in [0.2, 0.25) is 5.91 Å². The molecule has 0 aliphatic rings. The van der Waals surface area contributed by atoms with Crippen LogP contribution in [0.2, 0.25) is 0 Å². The maximum atomic E-state index is 12.1. The third kappa shape index (κ3) is 5.31. The summed E-state index contributed by atoms with van der Waals surface area (Å²) in [4.78, 5) is 14.0. The summed E-state index contributed by atoms with van der Waals surface area (Å²) >= 11 is 0. The van der Waals surface area contributed by atoms with Gasteiger partial charge in [-0.3, -0.25) is 9.69 Å². The average molecular weight is 290 g/mol. The molecule has 21 heavy (non-hydrogen) atoms. The zero-order valence-corrected chi connectivity index (χ0v) is 12.6. The molecule has 1 aromatic carbocycles. The lowest BCUT2D eigenvalue weighted by Gasteiger charge is -2.18. The van der Waals surface area contributed by atoms with Gasteiger partial charge in [0, 0.05) is 19.2 Å². The first-order valence-corrected chi connectivity index (χ1v) is 6.60. The number of hydrogen-bond donors (Lipinski definition) is 1. The van der Waals surface area contributed by atoms with E-state index in [0.717, 1.165) is 0 Å². The van der Waals surface area contributed by atoms with E-state index in [0.29, 0.717) is 30.3 Å². The fourth-order valence-electron chi connectivity index (χ4n) is 1.86. The predicted octanol–water partition coefficient (Wildman–Crippen LogP) is 2.32. The number of methoxy groups -OCH3 is 2. The lowest BCUT2D eigenvalue weighted by atomic mass is 10.2. The molecule has 0 saturated carbocycles. The van der Waals surface area contributed by atoms with E-state index in [1.54, 1.807) is 44.6 Å². The maximum Gasteiger partial charge on any atom is 0.238 e. The Balaban J connectivity index is 2.73. The van der Waals surface area contributed by atoms with Crippen LogP contribution in [0.3, 0.4) is 0 Å². The smallest absolute Gasteiger partial charge is 0.238 e. The van der Waals surface area contributed by atoms with Crippen LogP contribution in [0.1, 0.15) is 0 Å². The van der Waals surface area contributed by atoms with E-state index in [-0.39, 0.29) is 12.5 Å². The Labute approximate surface area is 125 Å². The van der Waals surface area contributed by atoms with Crippen molar-refractivity contribution in [3.63, 3.8) is 0 Å². The van der Waals surface area contributed by atoms with Crippen LogP contribution >= 0.6 is 0 Å². The van der Waals surface area contributed by atoms with Crippen molar-refractivity contribution in [3.8, 4) is 11.5 Å². The first-order valence-electron chi connectivity index (χ1n) is 6.60. The summed E-state index contributed by atoms with van der Waals surface area (Å²) in [6.45, 7) is 8.86. The lowest BCUT2D eigenvalue weighted by molar-refractivity contribution is -0.117. The molecule has 0 bridgehead atoms. The van der Waals surface area contributed by atoms with Crippen molar-refractivity contribution in [2.24, 2.45) is 0 Å². The summed E-state index contributed by atoms with van der Waals surface area (Å²) in [7, 11) is 3.13. The number of carbonyl (C=O) groups is 1. The summed E-state index contributed by atoms with van der Waals surface area (Å²) in [5.74, 6) is 1.11. The van der Waals surface area contributed by atoms with Crippen molar-refractivity contribution in [2.75, 3.05) is 39.2 Å². The highest BCUT2D eigenvalue weighted by atomic mass is 16.5. The molecule has 0 heterocycles. The Morgan fingerprint density at radius 3 is 2.43 bits per heavy atom. The monoisotopic (exact) mass is 290 g/mol. The fraction of sp³-hybridized carbons (Fsp3) is 0.312. The zero-order valence-electron chi connectivity index (χ0n) is 12.6. The average Bonchev–Trinajstić information content (AvgIpc) is 2.48. The van der Waals surface area contributed by atoms with E-state index in [1.165, 1.54) is 0 Å². The van der Waals surface area contributed by atoms with Gasteiger partial charge in [-0.25, -0.2) is 0 Å². The summed E-state index contributed by atoms with van der Waals surface area (Å²) in [6, 6.07) is 5.24. The summed E-state index contributed by atoms with van der Waals surface area (Å²) in [6.07, 6.45) is 3.51. The molecule has 114 valence electrons. The van der Waals surface area contributed by atoms with Crippen LogP contribution in [-0.4, -0.2) is 44.7 Å². The molecule has 1 rings (SSSR count). The highest BCUT2D eigenvalue weighted by Gasteiger charge is 2.11. The van der Waals surface area contributed by atoms with Crippen molar-refractivity contribution in [2.45, 2.75) is 0 Å². The van der Waals surface area contributed by atoms with Gasteiger partial charge in [0.05, 0.1) is 26.5 Å². The van der Waals surface area contributed by atoms with Crippen LogP contribution in [0, 0.1) is 0 Å². The number of carbonyl (C=O) groups excluding carboxylic acids is 1. The van der Waals surface area contributed by atoms with E-state index in [1.807, 2.05) is 4.90 Å². The third-order valence-corrected chi connectivity index (χ3v) is 2.82. The quantitative estimate of drug-likeness (QED) is 0.709. The van der Waals surface area contributed by atoms with E-state index in [2.05, 4.69) is 18.5 Å². The molecular weight excluding hydrogens is 268 g/mol. The molecule has 5 nitrogen and oxygen atoms in total. The van der Waals surface area contributed by atoms with Gasteiger partial charge in [-0.1, -0.05) is 12.2 Å². The number of benzene rings is 1. The van der Waals surface area contributed by atoms with Crippen LogP contribution in [0.5, 0.6) is 11.5 Å². The number of anilines is 1. The summed E-state index contributed by atoms with van der Waals surface area (Å²) < 4.78 is 10.4. The van der Waals surface area contributed by atoms with Crippen LogP contribution < -0.4 is 14.8 Å². The first-order chi connectivity index (χ1) is 10.1. The first kappa shape index (κ1) is 16.8. The van der Waals surface area contributed by atoms with Gasteiger partial charge in [0.15, 0.2) is 0 Å². The summed E-state index contributed by atoms with van der Waals surface area (Å²) in [5, 5.41) is 2.83. The number of nitrogens with one attached hydrogen (secondary N) is 1. The molecule has 0 aliphatic heterocycles. The molecule has 0 radical (unpaired) electrons. The molecule has 5 heteroatoms. The van der Waals surface area contributed by atoms with Gasteiger partial charge in [-0.2, -0.15) is 0 Å². The Morgan fingerprint density at radius 1 is 1.24 bits per heavy atom. The van der Waals surface area contributed by atoms with Crippen molar-refractivity contribution in [3.05, 3.63) is 43.5 Å².